The summed E-state index contributed by atoms with van der Waals surface area (Å²) in [6.07, 6.45) is -3.39. The van der Waals surface area contributed by atoms with Crippen LogP contribution in [0.4, 0.5) is 13.2 Å². The minimum Gasteiger partial charge on any atom is -0.461 e. The quantitative estimate of drug-likeness (QED) is 0.603. The van der Waals surface area contributed by atoms with Crippen molar-refractivity contribution in [1.82, 2.24) is 9.78 Å². The first-order chi connectivity index (χ1) is 12.0. The van der Waals surface area contributed by atoms with Crippen LogP contribution in [0.5, 0.6) is 0 Å². The number of benzene rings is 1. The minimum absolute atomic E-state index is 0.0817. The Morgan fingerprint density at radius 1 is 1.19 bits per heavy atom. The van der Waals surface area contributed by atoms with Crippen LogP contribution in [0.1, 0.15) is 59.7 Å². The molecule has 0 unspecified atom stereocenters. The number of carbonyl (C=O) groups excluding carboxylic acids is 2. The highest BCUT2D eigenvalue weighted by molar-refractivity contribution is 6.14. The number of aromatic nitrogens is 2. The molecule has 0 bridgehead atoms. The van der Waals surface area contributed by atoms with Gasteiger partial charge in [-0.3, -0.25) is 9.48 Å². The fraction of sp³-hybridized carbons (Fsp3) is 0.389. The maximum atomic E-state index is 12.9. The lowest BCUT2D eigenvalue weighted by Gasteiger charge is -2.22. The molecule has 1 aromatic heterocycles. The second-order valence-corrected chi connectivity index (χ2v) is 6.62. The highest BCUT2D eigenvalue weighted by Crippen LogP contribution is 2.30. The fourth-order valence-electron chi connectivity index (χ4n) is 2.41. The molecule has 0 atom stereocenters. The molecule has 0 fully saturated rings. The van der Waals surface area contributed by atoms with Gasteiger partial charge in [0.1, 0.15) is 0 Å². The van der Waals surface area contributed by atoms with E-state index in [9.17, 15) is 22.8 Å². The van der Waals surface area contributed by atoms with Crippen LogP contribution in [0.25, 0.3) is 0 Å². The molecule has 1 heterocycles. The van der Waals surface area contributed by atoms with Crippen molar-refractivity contribution in [3.05, 3.63) is 52.8 Å². The van der Waals surface area contributed by atoms with Gasteiger partial charge in [-0.05, 0) is 39.8 Å². The van der Waals surface area contributed by atoms with E-state index in [2.05, 4.69) is 5.10 Å². The topological polar surface area (TPSA) is 61.2 Å². The summed E-state index contributed by atoms with van der Waals surface area (Å²) in [6.45, 7) is 7.04. The Bertz CT molecular complexity index is 833. The van der Waals surface area contributed by atoms with E-state index in [1.807, 2.05) is 0 Å². The molecular weight excluding hydrogens is 349 g/mol. The number of hydrogen-bond acceptors (Lipinski definition) is 4. The van der Waals surface area contributed by atoms with Crippen molar-refractivity contribution in [3.63, 3.8) is 0 Å². The molecule has 8 heteroatoms. The Labute approximate surface area is 148 Å². The smallest absolute Gasteiger partial charge is 0.416 e. The van der Waals surface area contributed by atoms with Gasteiger partial charge < -0.3 is 4.74 Å². The van der Waals surface area contributed by atoms with Crippen molar-refractivity contribution in [1.29, 1.82) is 0 Å². The van der Waals surface area contributed by atoms with Crippen molar-refractivity contribution < 1.29 is 27.5 Å². The Morgan fingerprint density at radius 3 is 2.38 bits per heavy atom. The standard InChI is InChI=1S/C18H19F3N2O3/c1-5-26-16(25)14-13(10-22-23(14)17(2,3)4)15(24)11-7-6-8-12(9-11)18(19,20)21/h6-10H,5H2,1-4H3. The van der Waals surface area contributed by atoms with Crippen LogP contribution in [0.2, 0.25) is 0 Å². The van der Waals surface area contributed by atoms with Crippen molar-refractivity contribution >= 4 is 11.8 Å². The lowest BCUT2D eigenvalue weighted by Crippen LogP contribution is -2.28. The van der Waals surface area contributed by atoms with Crippen molar-refractivity contribution in [2.75, 3.05) is 6.61 Å². The van der Waals surface area contributed by atoms with Crippen LogP contribution >= 0.6 is 0 Å². The first-order valence-electron chi connectivity index (χ1n) is 7.94. The summed E-state index contributed by atoms with van der Waals surface area (Å²) >= 11 is 0. The highest BCUT2D eigenvalue weighted by atomic mass is 19.4. The van der Waals surface area contributed by atoms with Crippen LogP contribution in [0, 0.1) is 0 Å². The fourth-order valence-corrected chi connectivity index (χ4v) is 2.41. The first-order valence-corrected chi connectivity index (χ1v) is 7.94. The zero-order valence-electron chi connectivity index (χ0n) is 14.8. The first kappa shape index (κ1) is 19.7. The number of alkyl halides is 3. The number of carbonyl (C=O) groups is 2. The number of esters is 1. The zero-order chi connectivity index (χ0) is 19.7. The summed E-state index contributed by atoms with van der Waals surface area (Å²) in [5, 5.41) is 4.08. The SMILES string of the molecule is CCOC(=O)c1c(C(=O)c2cccc(C(F)(F)F)c2)cnn1C(C)(C)C. The summed E-state index contributed by atoms with van der Waals surface area (Å²) in [5.74, 6) is -1.48. The molecule has 2 aromatic rings. The molecule has 0 aliphatic heterocycles. The van der Waals surface area contributed by atoms with Crippen LogP contribution in [-0.4, -0.2) is 28.1 Å². The Hall–Kier alpha value is -2.64. The Morgan fingerprint density at radius 2 is 1.85 bits per heavy atom. The van der Waals surface area contributed by atoms with E-state index in [0.29, 0.717) is 0 Å². The van der Waals surface area contributed by atoms with Gasteiger partial charge in [0.2, 0.25) is 0 Å². The summed E-state index contributed by atoms with van der Waals surface area (Å²) in [6, 6.07) is 4.04. The summed E-state index contributed by atoms with van der Waals surface area (Å²) in [7, 11) is 0. The van der Waals surface area contributed by atoms with Gasteiger partial charge in [-0.1, -0.05) is 12.1 Å². The molecule has 0 saturated carbocycles. The lowest BCUT2D eigenvalue weighted by molar-refractivity contribution is -0.137. The van der Waals surface area contributed by atoms with E-state index < -0.39 is 29.0 Å². The number of ketones is 1. The predicted molar refractivity (Wildman–Crippen MR) is 88.1 cm³/mol. The third-order valence-corrected chi connectivity index (χ3v) is 3.57. The molecule has 0 aliphatic carbocycles. The lowest BCUT2D eigenvalue weighted by atomic mass is 10.0. The third-order valence-electron chi connectivity index (χ3n) is 3.57. The predicted octanol–water partition coefficient (Wildman–Crippen LogP) is 4.06. The average Bonchev–Trinajstić information content (AvgIpc) is 2.99. The normalized spacial score (nSPS) is 12.1. The van der Waals surface area contributed by atoms with E-state index in [1.165, 1.54) is 16.9 Å². The van der Waals surface area contributed by atoms with Crippen LogP contribution in [-0.2, 0) is 16.5 Å². The number of halogens is 3. The van der Waals surface area contributed by atoms with Crippen LogP contribution in [0.3, 0.4) is 0 Å². The van der Waals surface area contributed by atoms with E-state index >= 15 is 0 Å². The highest BCUT2D eigenvalue weighted by Gasteiger charge is 2.33. The maximum Gasteiger partial charge on any atom is 0.416 e. The number of hydrogen-bond donors (Lipinski definition) is 0. The molecule has 0 spiro atoms. The number of nitrogens with zero attached hydrogens (tertiary/aromatic N) is 2. The third kappa shape index (κ3) is 3.95. The van der Waals surface area contributed by atoms with Gasteiger partial charge in [-0.15, -0.1) is 0 Å². The van der Waals surface area contributed by atoms with Crippen LogP contribution in [0.15, 0.2) is 30.5 Å². The van der Waals surface area contributed by atoms with Gasteiger partial charge in [0, 0.05) is 5.56 Å². The van der Waals surface area contributed by atoms with Gasteiger partial charge in [0.25, 0.3) is 0 Å². The minimum atomic E-state index is -4.57. The Balaban J connectivity index is 2.57. The van der Waals surface area contributed by atoms with Gasteiger partial charge in [-0.25, -0.2) is 4.79 Å². The molecule has 140 valence electrons. The number of rotatable bonds is 4. The zero-order valence-corrected chi connectivity index (χ0v) is 14.8. The molecule has 0 radical (unpaired) electrons. The molecule has 0 amide bonds. The van der Waals surface area contributed by atoms with Gasteiger partial charge in [0.15, 0.2) is 11.5 Å². The van der Waals surface area contributed by atoms with Gasteiger partial charge in [-0.2, -0.15) is 18.3 Å². The van der Waals surface area contributed by atoms with E-state index in [-0.39, 0.29) is 23.4 Å². The molecule has 0 aliphatic rings. The molecule has 1 aromatic carbocycles. The molecular formula is C18H19F3N2O3. The molecule has 0 saturated heterocycles. The Kier molecular flexibility index (Phi) is 5.25. The summed E-state index contributed by atoms with van der Waals surface area (Å²) in [4.78, 5) is 25.1. The summed E-state index contributed by atoms with van der Waals surface area (Å²) < 4.78 is 45.0. The van der Waals surface area contributed by atoms with E-state index in [0.717, 1.165) is 18.2 Å². The molecule has 5 nitrogen and oxygen atoms in total. The van der Waals surface area contributed by atoms with Crippen molar-refractivity contribution in [2.45, 2.75) is 39.4 Å². The van der Waals surface area contributed by atoms with Crippen LogP contribution < -0.4 is 0 Å². The van der Waals surface area contributed by atoms with Gasteiger partial charge in [0.05, 0.1) is 29.5 Å². The average molecular weight is 368 g/mol. The van der Waals surface area contributed by atoms with E-state index in [4.69, 9.17) is 4.74 Å². The molecule has 0 N–H and O–H groups in total. The monoisotopic (exact) mass is 368 g/mol. The second kappa shape index (κ2) is 6.93. The van der Waals surface area contributed by atoms with Gasteiger partial charge >= 0.3 is 12.1 Å². The van der Waals surface area contributed by atoms with E-state index in [1.54, 1.807) is 27.7 Å². The number of ether oxygens (including phenoxy) is 1. The largest absolute Gasteiger partial charge is 0.461 e. The van der Waals surface area contributed by atoms with Crippen molar-refractivity contribution in [3.8, 4) is 0 Å². The molecule has 26 heavy (non-hydrogen) atoms. The maximum absolute atomic E-state index is 12.9. The second-order valence-electron chi connectivity index (χ2n) is 6.62. The molecule has 2 rings (SSSR count). The van der Waals surface area contributed by atoms with Crippen molar-refractivity contribution in [2.24, 2.45) is 0 Å². The summed E-state index contributed by atoms with van der Waals surface area (Å²) in [5.41, 5.74) is -1.93.